The lowest BCUT2D eigenvalue weighted by atomic mass is 9.95. The number of rotatable bonds is 8. The van der Waals surface area contributed by atoms with Crippen LogP contribution in [0.3, 0.4) is 0 Å². The van der Waals surface area contributed by atoms with Crippen LogP contribution in [-0.2, 0) is 4.79 Å². The molecule has 4 heteroatoms. The average molecular weight is 372 g/mol. The van der Waals surface area contributed by atoms with Gasteiger partial charge in [0.1, 0.15) is 0 Å². The quantitative estimate of drug-likeness (QED) is 0.749. The summed E-state index contributed by atoms with van der Waals surface area (Å²) in [5.74, 6) is 1.29. The summed E-state index contributed by atoms with van der Waals surface area (Å²) in [4.78, 5) is 17.1. The number of hydrogen-bond acceptors (Lipinski definition) is 3. The van der Waals surface area contributed by atoms with Crippen LogP contribution in [0.5, 0.6) is 0 Å². The van der Waals surface area contributed by atoms with E-state index in [1.807, 2.05) is 0 Å². The standard InChI is InChI=1S/C23H37N3O/c1-17(2)14-20-16-26(22(15-18(3)4)23(27)24-20)13-7-8-19-9-11-21(12-10-19)25(5)6/h7-12,17-18,20,22H,13-16H2,1-6H3,(H,24,27). The Labute approximate surface area is 165 Å². The van der Waals surface area contributed by atoms with E-state index in [-0.39, 0.29) is 18.0 Å². The molecule has 1 amide bonds. The summed E-state index contributed by atoms with van der Waals surface area (Å²) >= 11 is 0. The van der Waals surface area contributed by atoms with E-state index < -0.39 is 0 Å². The molecule has 1 aromatic carbocycles. The van der Waals surface area contributed by atoms with Crippen LogP contribution in [0.1, 0.15) is 46.1 Å². The first-order chi connectivity index (χ1) is 12.8. The van der Waals surface area contributed by atoms with Crippen LogP contribution in [0.15, 0.2) is 30.3 Å². The number of carbonyl (C=O) groups is 1. The van der Waals surface area contributed by atoms with Crippen molar-refractivity contribution in [2.45, 2.75) is 52.6 Å². The summed E-state index contributed by atoms with van der Waals surface area (Å²) < 4.78 is 0. The van der Waals surface area contributed by atoms with Gasteiger partial charge in [-0.15, -0.1) is 0 Å². The molecule has 1 aliphatic rings. The van der Waals surface area contributed by atoms with Gasteiger partial charge in [0.15, 0.2) is 0 Å². The molecule has 150 valence electrons. The van der Waals surface area contributed by atoms with Gasteiger partial charge in [0.2, 0.25) is 5.91 Å². The topological polar surface area (TPSA) is 35.6 Å². The summed E-state index contributed by atoms with van der Waals surface area (Å²) in [6, 6.07) is 8.79. The van der Waals surface area contributed by atoms with Crippen molar-refractivity contribution in [3.05, 3.63) is 35.9 Å². The zero-order valence-electron chi connectivity index (χ0n) is 17.9. The fourth-order valence-electron chi connectivity index (χ4n) is 3.73. The molecular weight excluding hydrogens is 334 g/mol. The molecule has 4 nitrogen and oxygen atoms in total. The highest BCUT2D eigenvalue weighted by atomic mass is 16.2. The molecule has 1 heterocycles. The molecule has 0 bridgehead atoms. The molecule has 27 heavy (non-hydrogen) atoms. The Morgan fingerprint density at radius 2 is 1.74 bits per heavy atom. The predicted molar refractivity (Wildman–Crippen MR) is 116 cm³/mol. The molecule has 1 aromatic rings. The smallest absolute Gasteiger partial charge is 0.237 e. The molecule has 0 radical (unpaired) electrons. The number of nitrogens with zero attached hydrogens (tertiary/aromatic N) is 2. The number of piperazine rings is 1. The third-order valence-electron chi connectivity index (χ3n) is 5.05. The minimum Gasteiger partial charge on any atom is -0.378 e. The van der Waals surface area contributed by atoms with Gasteiger partial charge in [-0.1, -0.05) is 52.0 Å². The van der Waals surface area contributed by atoms with Gasteiger partial charge >= 0.3 is 0 Å². The molecule has 1 N–H and O–H groups in total. The molecule has 1 fully saturated rings. The molecule has 1 saturated heterocycles. The first-order valence-electron chi connectivity index (χ1n) is 10.2. The third kappa shape index (κ3) is 6.69. The highest BCUT2D eigenvalue weighted by Crippen LogP contribution is 2.20. The van der Waals surface area contributed by atoms with Crippen molar-refractivity contribution < 1.29 is 4.79 Å². The second-order valence-corrected chi connectivity index (χ2v) is 8.82. The monoisotopic (exact) mass is 371 g/mol. The van der Waals surface area contributed by atoms with Gasteiger partial charge < -0.3 is 10.2 Å². The summed E-state index contributed by atoms with van der Waals surface area (Å²) in [5.41, 5.74) is 2.40. The Balaban J connectivity index is 2.04. The van der Waals surface area contributed by atoms with E-state index in [1.54, 1.807) is 0 Å². The maximum absolute atomic E-state index is 12.7. The number of hydrogen-bond donors (Lipinski definition) is 1. The second-order valence-electron chi connectivity index (χ2n) is 8.82. The minimum atomic E-state index is -0.0193. The second kappa shape index (κ2) is 9.93. The number of amides is 1. The third-order valence-corrected chi connectivity index (χ3v) is 5.05. The largest absolute Gasteiger partial charge is 0.378 e. The molecule has 2 rings (SSSR count). The van der Waals surface area contributed by atoms with E-state index in [9.17, 15) is 4.79 Å². The highest BCUT2D eigenvalue weighted by Gasteiger charge is 2.34. The van der Waals surface area contributed by atoms with Gasteiger partial charge in [-0.3, -0.25) is 9.69 Å². The molecule has 0 aromatic heterocycles. The SMILES string of the molecule is CC(C)CC1CN(CC=Cc2ccc(N(C)C)cc2)C(CC(C)C)C(=O)N1. The fourth-order valence-corrected chi connectivity index (χ4v) is 3.73. The average Bonchev–Trinajstić information content (AvgIpc) is 2.57. The van der Waals surface area contributed by atoms with Crippen LogP contribution in [0.2, 0.25) is 0 Å². The predicted octanol–water partition coefficient (Wildman–Crippen LogP) is 4.03. The van der Waals surface area contributed by atoms with Gasteiger partial charge in [-0.2, -0.15) is 0 Å². The first-order valence-corrected chi connectivity index (χ1v) is 10.2. The van der Waals surface area contributed by atoms with Crippen molar-refractivity contribution in [2.75, 3.05) is 32.1 Å². The number of anilines is 1. The zero-order valence-corrected chi connectivity index (χ0v) is 17.9. The molecule has 0 saturated carbocycles. The van der Waals surface area contributed by atoms with Gasteiger partial charge in [0, 0.05) is 38.9 Å². The van der Waals surface area contributed by atoms with E-state index >= 15 is 0 Å². The van der Waals surface area contributed by atoms with E-state index in [1.165, 1.54) is 11.3 Å². The van der Waals surface area contributed by atoms with Crippen LogP contribution >= 0.6 is 0 Å². The molecule has 2 unspecified atom stereocenters. The van der Waals surface area contributed by atoms with Gasteiger partial charge in [-0.05, 0) is 42.4 Å². The Kier molecular flexibility index (Phi) is 7.91. The van der Waals surface area contributed by atoms with Crippen molar-refractivity contribution in [3.8, 4) is 0 Å². The van der Waals surface area contributed by atoms with Gasteiger partial charge in [0.25, 0.3) is 0 Å². The van der Waals surface area contributed by atoms with E-state index in [4.69, 9.17) is 0 Å². The van der Waals surface area contributed by atoms with Crippen molar-refractivity contribution in [1.82, 2.24) is 10.2 Å². The van der Waals surface area contributed by atoms with Crippen LogP contribution in [0, 0.1) is 11.8 Å². The Hall–Kier alpha value is -1.81. The number of benzene rings is 1. The van der Waals surface area contributed by atoms with Crippen LogP contribution in [-0.4, -0.2) is 50.1 Å². The van der Waals surface area contributed by atoms with Crippen molar-refractivity contribution in [2.24, 2.45) is 11.8 Å². The summed E-state index contributed by atoms with van der Waals surface area (Å²) in [6.07, 6.45) is 6.30. The summed E-state index contributed by atoms with van der Waals surface area (Å²) in [6.45, 7) is 10.6. The summed E-state index contributed by atoms with van der Waals surface area (Å²) in [7, 11) is 4.10. The maximum Gasteiger partial charge on any atom is 0.237 e. The Bertz CT molecular complexity index is 619. The lowest BCUT2D eigenvalue weighted by Gasteiger charge is -2.40. The van der Waals surface area contributed by atoms with Crippen molar-refractivity contribution >= 4 is 17.7 Å². The minimum absolute atomic E-state index is 0.0193. The van der Waals surface area contributed by atoms with E-state index in [2.05, 4.69) is 93.3 Å². The van der Waals surface area contributed by atoms with Crippen LogP contribution < -0.4 is 10.2 Å². The fraction of sp³-hybridized carbons (Fsp3) is 0.609. The lowest BCUT2D eigenvalue weighted by Crippen LogP contribution is -2.60. The maximum atomic E-state index is 12.7. The molecule has 1 aliphatic heterocycles. The summed E-state index contributed by atoms with van der Waals surface area (Å²) in [5, 5.41) is 3.25. The van der Waals surface area contributed by atoms with Crippen molar-refractivity contribution in [3.63, 3.8) is 0 Å². The van der Waals surface area contributed by atoms with E-state index in [0.717, 1.165) is 25.9 Å². The number of carbonyl (C=O) groups excluding carboxylic acids is 1. The van der Waals surface area contributed by atoms with Gasteiger partial charge in [0.05, 0.1) is 6.04 Å². The lowest BCUT2D eigenvalue weighted by molar-refractivity contribution is -0.131. The Morgan fingerprint density at radius 3 is 2.30 bits per heavy atom. The Morgan fingerprint density at radius 1 is 1.11 bits per heavy atom. The highest BCUT2D eigenvalue weighted by molar-refractivity contribution is 5.83. The molecule has 2 atom stereocenters. The normalized spacial score (nSPS) is 21.3. The van der Waals surface area contributed by atoms with E-state index in [0.29, 0.717) is 11.8 Å². The number of nitrogens with one attached hydrogen (secondary N) is 1. The van der Waals surface area contributed by atoms with Crippen LogP contribution in [0.4, 0.5) is 5.69 Å². The zero-order chi connectivity index (χ0) is 20.0. The van der Waals surface area contributed by atoms with Crippen molar-refractivity contribution in [1.29, 1.82) is 0 Å². The molecule has 0 spiro atoms. The van der Waals surface area contributed by atoms with Crippen LogP contribution in [0.25, 0.3) is 6.08 Å². The molecule has 0 aliphatic carbocycles. The van der Waals surface area contributed by atoms with Gasteiger partial charge in [-0.25, -0.2) is 0 Å². The first kappa shape index (κ1) is 21.5. The molecular formula is C23H37N3O.